The van der Waals surface area contributed by atoms with Gasteiger partial charge in [-0.3, -0.25) is 0 Å². The summed E-state index contributed by atoms with van der Waals surface area (Å²) >= 11 is 0. The Morgan fingerprint density at radius 1 is 0.343 bits per heavy atom. The number of fused-ring (bicyclic) bond motifs is 15. The van der Waals surface area contributed by atoms with Crippen LogP contribution in [0.5, 0.6) is 0 Å². The maximum atomic E-state index is 10.2. The predicted octanol–water partition coefficient (Wildman–Crippen LogP) is 16.9. The Balaban J connectivity index is 0.963. The van der Waals surface area contributed by atoms with E-state index in [1.54, 1.807) is 0 Å². The van der Waals surface area contributed by atoms with Gasteiger partial charge < -0.3 is 0 Å². The molecule has 2 nitrogen and oxygen atoms in total. The zero-order valence-corrected chi connectivity index (χ0v) is 36.8. The van der Waals surface area contributed by atoms with E-state index in [0.29, 0.717) is 11.1 Å². The smallest absolute Gasteiger partial charge is 0.0998 e. The minimum absolute atomic E-state index is 0.453. The first-order valence-corrected chi connectivity index (χ1v) is 23.0. The van der Waals surface area contributed by atoms with E-state index in [-0.39, 0.29) is 0 Å². The van der Waals surface area contributed by atoms with Crippen LogP contribution in [0.2, 0.25) is 0 Å². The highest BCUT2D eigenvalue weighted by Gasteiger charge is 2.40. The van der Waals surface area contributed by atoms with Gasteiger partial charge >= 0.3 is 0 Å². The molecule has 0 fully saturated rings. The molecule has 1 atom stereocenters. The fourth-order valence-electron chi connectivity index (χ4n) is 11.6. The van der Waals surface area contributed by atoms with Crippen LogP contribution in [0.15, 0.2) is 212 Å². The Morgan fingerprint density at radius 3 is 1.49 bits per heavy atom. The number of nitrogens with zero attached hydrogens (tertiary/aromatic N) is 2. The van der Waals surface area contributed by atoms with Crippen LogP contribution in [0.4, 0.5) is 0 Å². The number of hydrogen-bond acceptors (Lipinski definition) is 2. The molecule has 0 aromatic heterocycles. The molecule has 1 aliphatic rings. The quantitative estimate of drug-likeness (QED) is 0.162. The van der Waals surface area contributed by atoms with E-state index in [0.717, 1.165) is 28.7 Å². The van der Waals surface area contributed by atoms with E-state index in [1.807, 2.05) is 30.3 Å². The third kappa shape index (κ3) is 5.87. The van der Waals surface area contributed by atoms with Crippen molar-refractivity contribution in [3.8, 4) is 56.6 Å². The van der Waals surface area contributed by atoms with Gasteiger partial charge in [-0.15, -0.1) is 0 Å². The Bertz CT molecular complexity index is 4140. The van der Waals surface area contributed by atoms with Crippen molar-refractivity contribution in [2.45, 2.75) is 18.8 Å². The summed E-state index contributed by atoms with van der Waals surface area (Å²) in [5.41, 5.74) is 13.6. The van der Waals surface area contributed by atoms with Crippen LogP contribution >= 0.6 is 0 Å². The molecule has 0 aliphatic heterocycles. The molecule has 0 saturated heterocycles. The lowest BCUT2D eigenvalue weighted by molar-refractivity contribution is 0.585. The lowest BCUT2D eigenvalue weighted by Gasteiger charge is -2.29. The minimum Gasteiger partial charge on any atom is -0.192 e. The Kier molecular flexibility index (Phi) is 8.57. The van der Waals surface area contributed by atoms with Crippen LogP contribution in [0.3, 0.4) is 0 Å². The molecule has 1 aliphatic carbocycles. The number of nitriles is 2. The van der Waals surface area contributed by atoms with Gasteiger partial charge in [0.1, 0.15) is 0 Å². The van der Waals surface area contributed by atoms with Crippen molar-refractivity contribution in [3.63, 3.8) is 0 Å². The Hall–Kier alpha value is -8.82. The van der Waals surface area contributed by atoms with Crippen molar-refractivity contribution in [2.24, 2.45) is 0 Å². The maximum absolute atomic E-state index is 10.2. The molecular formula is C65H40N2. The maximum Gasteiger partial charge on any atom is 0.0998 e. The summed E-state index contributed by atoms with van der Waals surface area (Å²) in [6.45, 7) is 2.38. The molecule has 1 unspecified atom stereocenters. The first kappa shape index (κ1) is 38.6. The van der Waals surface area contributed by atoms with E-state index < -0.39 is 5.41 Å². The van der Waals surface area contributed by atoms with Crippen LogP contribution in [0, 0.1) is 22.7 Å². The van der Waals surface area contributed by atoms with Gasteiger partial charge in [0.15, 0.2) is 0 Å². The van der Waals surface area contributed by atoms with E-state index in [4.69, 9.17) is 0 Å². The topological polar surface area (TPSA) is 47.6 Å². The van der Waals surface area contributed by atoms with E-state index in [1.165, 1.54) is 104 Å². The van der Waals surface area contributed by atoms with Crippen molar-refractivity contribution < 1.29 is 0 Å². The van der Waals surface area contributed by atoms with Crippen molar-refractivity contribution in [1.82, 2.24) is 0 Å². The van der Waals surface area contributed by atoms with Crippen molar-refractivity contribution >= 4 is 64.6 Å². The van der Waals surface area contributed by atoms with Crippen LogP contribution < -0.4 is 0 Å². The molecule has 13 rings (SSSR count). The van der Waals surface area contributed by atoms with Crippen molar-refractivity contribution in [3.05, 3.63) is 240 Å². The first-order valence-electron chi connectivity index (χ1n) is 23.0. The zero-order valence-electron chi connectivity index (χ0n) is 36.8. The van der Waals surface area contributed by atoms with Crippen LogP contribution in [0.25, 0.3) is 109 Å². The summed E-state index contributed by atoms with van der Waals surface area (Å²) in [5.74, 6) is 0. The van der Waals surface area contributed by atoms with Crippen LogP contribution in [-0.4, -0.2) is 0 Å². The molecule has 0 saturated carbocycles. The Labute approximate surface area is 388 Å². The van der Waals surface area contributed by atoms with Gasteiger partial charge in [0.25, 0.3) is 0 Å². The van der Waals surface area contributed by atoms with Gasteiger partial charge in [-0.1, -0.05) is 177 Å². The first-order chi connectivity index (χ1) is 33.0. The highest BCUT2D eigenvalue weighted by atomic mass is 14.4. The molecular weight excluding hydrogens is 809 g/mol. The SMILES string of the molecule is CC1(Cc2cccc3c4cc(-c5ccccc5C#N)ccc4c4ccccc4c23)c2cc(C#N)ccc2-c2ccc(-c3cccc(-c4ccc5c6ccccc6c6ccccc6c5c4)c3)cc21. The molecule has 12 aromatic rings. The van der Waals surface area contributed by atoms with Gasteiger partial charge in [0.2, 0.25) is 0 Å². The van der Waals surface area contributed by atoms with Gasteiger partial charge in [-0.25, -0.2) is 0 Å². The number of hydrogen-bond donors (Lipinski definition) is 0. The van der Waals surface area contributed by atoms with Gasteiger partial charge in [0, 0.05) is 5.41 Å². The summed E-state index contributed by atoms with van der Waals surface area (Å²) in [7, 11) is 0. The molecule has 12 aromatic carbocycles. The third-order valence-corrected chi connectivity index (χ3v) is 14.8. The average Bonchev–Trinajstić information content (AvgIpc) is 3.64. The number of rotatable bonds is 5. The standard InChI is InChI=1S/C65H40N2/c1-65(37-46-15-11-23-59-61-35-45(48-16-3-2-12-47(48)39-67)27-30-55(61)52-20-8-9-22-58(52)64(46)59)62-32-40(38-66)24-28-56(62)57-31-26-44(36-63(57)65)42-14-10-13-41(33-42)43-25-29-54-51-19-5-4-17-49(51)50-18-6-7-21-53(50)60(54)34-43/h2-36H,37H2,1H3. The summed E-state index contributed by atoms with van der Waals surface area (Å²) in [5, 5.41) is 35.1. The lowest BCUT2D eigenvalue weighted by atomic mass is 9.73. The van der Waals surface area contributed by atoms with Crippen LogP contribution in [-0.2, 0) is 11.8 Å². The summed E-state index contributed by atoms with van der Waals surface area (Å²) in [6, 6.07) is 81.5. The molecule has 310 valence electrons. The highest BCUT2D eigenvalue weighted by molar-refractivity contribution is 6.27. The average molecular weight is 849 g/mol. The van der Waals surface area contributed by atoms with E-state index in [9.17, 15) is 10.5 Å². The minimum atomic E-state index is -0.453. The Morgan fingerprint density at radius 2 is 0.806 bits per heavy atom. The molecule has 0 spiro atoms. The molecule has 0 amide bonds. The monoisotopic (exact) mass is 848 g/mol. The van der Waals surface area contributed by atoms with E-state index in [2.05, 4.69) is 201 Å². The molecule has 0 radical (unpaired) electrons. The second-order valence-electron chi connectivity index (χ2n) is 18.4. The number of benzene rings is 12. The normalized spacial score (nSPS) is 14.1. The predicted molar refractivity (Wildman–Crippen MR) is 279 cm³/mol. The highest BCUT2D eigenvalue weighted by Crippen LogP contribution is 2.53. The second kappa shape index (κ2) is 14.9. The van der Waals surface area contributed by atoms with Crippen molar-refractivity contribution in [2.75, 3.05) is 0 Å². The molecule has 0 N–H and O–H groups in total. The summed E-state index contributed by atoms with van der Waals surface area (Å²) < 4.78 is 0. The summed E-state index contributed by atoms with van der Waals surface area (Å²) in [4.78, 5) is 0. The lowest BCUT2D eigenvalue weighted by Crippen LogP contribution is -2.24. The fourth-order valence-corrected chi connectivity index (χ4v) is 11.6. The zero-order chi connectivity index (χ0) is 44.8. The van der Waals surface area contributed by atoms with Gasteiger partial charge in [0.05, 0.1) is 23.3 Å². The third-order valence-electron chi connectivity index (χ3n) is 14.8. The second-order valence-corrected chi connectivity index (χ2v) is 18.4. The fraction of sp³-hybridized carbons (Fsp3) is 0.0462. The van der Waals surface area contributed by atoms with Gasteiger partial charge in [-0.2, -0.15) is 10.5 Å². The van der Waals surface area contributed by atoms with E-state index >= 15 is 0 Å². The van der Waals surface area contributed by atoms with Crippen molar-refractivity contribution in [1.29, 1.82) is 10.5 Å². The molecule has 0 heterocycles. The van der Waals surface area contributed by atoms with Crippen LogP contribution in [0.1, 0.15) is 34.7 Å². The van der Waals surface area contributed by atoms with Gasteiger partial charge in [-0.05, 0) is 175 Å². The molecule has 0 bridgehead atoms. The largest absolute Gasteiger partial charge is 0.192 e. The molecule has 67 heavy (non-hydrogen) atoms. The molecule has 2 heteroatoms. The summed E-state index contributed by atoms with van der Waals surface area (Å²) in [6.07, 6.45) is 0.731.